The van der Waals surface area contributed by atoms with E-state index in [2.05, 4.69) is 0 Å². The molecule has 0 saturated carbocycles. The summed E-state index contributed by atoms with van der Waals surface area (Å²) in [5.41, 5.74) is 1.69. The third kappa shape index (κ3) is 0.883. The second kappa shape index (κ2) is 2.40. The van der Waals surface area contributed by atoms with Gasteiger partial charge in [-0.3, -0.25) is 0 Å². The van der Waals surface area contributed by atoms with Gasteiger partial charge >= 0.3 is 7.12 Å². The number of hydrogen-bond donors (Lipinski definition) is 1. The molecule has 0 spiro atoms. The predicted octanol–water partition coefficient (Wildman–Crippen LogP) is -0.367. The van der Waals surface area contributed by atoms with Crippen LogP contribution in [0.2, 0.25) is 0 Å². The number of ether oxygens (including phenoxy) is 2. The van der Waals surface area contributed by atoms with Crippen LogP contribution in [0.3, 0.4) is 0 Å². The number of benzene rings is 1. The monoisotopic (exact) mass is 178 g/mol. The van der Waals surface area contributed by atoms with Crippen LogP contribution in [-0.4, -0.2) is 18.9 Å². The molecule has 0 amide bonds. The Bertz CT molecular complexity index is 365. The lowest BCUT2D eigenvalue weighted by Crippen LogP contribution is -2.29. The molecule has 0 aliphatic carbocycles. The van der Waals surface area contributed by atoms with Crippen LogP contribution in [0, 0.1) is 0 Å². The lowest BCUT2D eigenvalue weighted by molar-refractivity contribution is 0.174. The van der Waals surface area contributed by atoms with Crippen molar-refractivity contribution in [3.05, 3.63) is 17.7 Å². The second-order valence-electron chi connectivity index (χ2n) is 3.04. The summed E-state index contributed by atoms with van der Waals surface area (Å²) in [5.74, 6) is 1.31. The van der Waals surface area contributed by atoms with Gasteiger partial charge in [-0.05, 0) is 11.6 Å². The smallest absolute Gasteiger partial charge is 0.454 e. The van der Waals surface area contributed by atoms with Crippen molar-refractivity contribution in [2.24, 2.45) is 0 Å². The minimum Gasteiger partial charge on any atom is -0.454 e. The molecule has 66 valence electrons. The first-order valence-corrected chi connectivity index (χ1v) is 4.07. The lowest BCUT2D eigenvalue weighted by Gasteiger charge is -2.02. The molecule has 4 nitrogen and oxygen atoms in total. The average molecular weight is 178 g/mol. The first-order valence-electron chi connectivity index (χ1n) is 4.07. The molecule has 0 radical (unpaired) electrons. The Hall–Kier alpha value is -1.20. The number of hydrogen-bond acceptors (Lipinski definition) is 4. The molecular weight excluding hydrogens is 171 g/mol. The zero-order valence-electron chi connectivity index (χ0n) is 6.82. The standard InChI is InChI=1S/C8H7BO4/c10-9-7-5(3-13-9)1-2-6-8(7)12-4-11-6/h1-2,10H,3-4H2. The lowest BCUT2D eigenvalue weighted by atomic mass is 9.78. The van der Waals surface area contributed by atoms with Gasteiger partial charge in [-0.1, -0.05) is 6.07 Å². The Labute approximate surface area is 75.2 Å². The summed E-state index contributed by atoms with van der Waals surface area (Å²) in [5, 5.41) is 9.49. The number of fused-ring (bicyclic) bond motifs is 3. The normalized spacial score (nSPS) is 17.8. The SMILES string of the molecule is OB1OCc2ccc3c(c21)OCO3. The van der Waals surface area contributed by atoms with Crippen LogP contribution in [0.25, 0.3) is 0 Å². The van der Waals surface area contributed by atoms with Gasteiger partial charge in [0.05, 0.1) is 6.61 Å². The zero-order valence-corrected chi connectivity index (χ0v) is 6.82. The van der Waals surface area contributed by atoms with Gasteiger partial charge in [-0.25, -0.2) is 0 Å². The molecule has 0 saturated heterocycles. The van der Waals surface area contributed by atoms with Gasteiger partial charge in [0.25, 0.3) is 0 Å². The van der Waals surface area contributed by atoms with Gasteiger partial charge in [-0.2, -0.15) is 0 Å². The van der Waals surface area contributed by atoms with Crippen molar-refractivity contribution in [2.75, 3.05) is 6.79 Å². The van der Waals surface area contributed by atoms with Crippen LogP contribution in [-0.2, 0) is 11.3 Å². The van der Waals surface area contributed by atoms with E-state index in [4.69, 9.17) is 14.1 Å². The van der Waals surface area contributed by atoms with E-state index in [1.54, 1.807) is 0 Å². The van der Waals surface area contributed by atoms with E-state index in [-0.39, 0.29) is 6.79 Å². The van der Waals surface area contributed by atoms with E-state index in [9.17, 15) is 5.02 Å². The van der Waals surface area contributed by atoms with E-state index in [0.29, 0.717) is 18.1 Å². The molecule has 0 bridgehead atoms. The van der Waals surface area contributed by atoms with Crippen LogP contribution in [0.1, 0.15) is 5.56 Å². The van der Waals surface area contributed by atoms with Gasteiger partial charge in [0.1, 0.15) is 0 Å². The van der Waals surface area contributed by atoms with E-state index in [1.165, 1.54) is 0 Å². The van der Waals surface area contributed by atoms with E-state index in [1.807, 2.05) is 12.1 Å². The fourth-order valence-corrected chi connectivity index (χ4v) is 1.68. The summed E-state index contributed by atoms with van der Waals surface area (Å²) in [6, 6.07) is 3.72. The van der Waals surface area contributed by atoms with Crippen molar-refractivity contribution in [2.45, 2.75) is 6.61 Å². The largest absolute Gasteiger partial charge is 0.495 e. The summed E-state index contributed by atoms with van der Waals surface area (Å²) in [4.78, 5) is 0. The van der Waals surface area contributed by atoms with Crippen molar-refractivity contribution in [1.82, 2.24) is 0 Å². The maximum Gasteiger partial charge on any atom is 0.495 e. The van der Waals surface area contributed by atoms with E-state index >= 15 is 0 Å². The molecule has 2 heterocycles. The molecule has 2 aliphatic heterocycles. The molecular formula is C8H7BO4. The van der Waals surface area contributed by atoms with Crippen LogP contribution >= 0.6 is 0 Å². The van der Waals surface area contributed by atoms with Crippen molar-refractivity contribution in [1.29, 1.82) is 0 Å². The third-order valence-corrected chi connectivity index (χ3v) is 2.31. The summed E-state index contributed by atoms with van der Waals surface area (Å²) in [6.45, 7) is 0.658. The third-order valence-electron chi connectivity index (χ3n) is 2.31. The quantitative estimate of drug-likeness (QED) is 0.550. The summed E-state index contributed by atoms with van der Waals surface area (Å²) >= 11 is 0. The fourth-order valence-electron chi connectivity index (χ4n) is 1.68. The van der Waals surface area contributed by atoms with Gasteiger partial charge < -0.3 is 19.2 Å². The fraction of sp³-hybridized carbons (Fsp3) is 0.250. The molecule has 0 aromatic heterocycles. The van der Waals surface area contributed by atoms with Crippen LogP contribution in [0.15, 0.2) is 12.1 Å². The maximum atomic E-state index is 9.49. The maximum absolute atomic E-state index is 9.49. The van der Waals surface area contributed by atoms with Crippen molar-refractivity contribution < 1.29 is 19.2 Å². The highest BCUT2D eigenvalue weighted by molar-refractivity contribution is 6.62. The highest BCUT2D eigenvalue weighted by Gasteiger charge is 2.34. The summed E-state index contributed by atoms with van der Waals surface area (Å²) in [6.07, 6.45) is 0. The van der Waals surface area contributed by atoms with Crippen molar-refractivity contribution >= 4 is 12.6 Å². The minimum atomic E-state index is -0.869. The van der Waals surface area contributed by atoms with Gasteiger partial charge in [0.2, 0.25) is 6.79 Å². The Morgan fingerprint density at radius 3 is 3.15 bits per heavy atom. The first kappa shape index (κ1) is 7.23. The van der Waals surface area contributed by atoms with Crippen molar-refractivity contribution in [3.8, 4) is 11.5 Å². The van der Waals surface area contributed by atoms with Crippen LogP contribution in [0.5, 0.6) is 11.5 Å². The highest BCUT2D eigenvalue weighted by atomic mass is 16.7. The topological polar surface area (TPSA) is 47.9 Å². The highest BCUT2D eigenvalue weighted by Crippen LogP contribution is 2.33. The molecule has 13 heavy (non-hydrogen) atoms. The number of rotatable bonds is 0. The van der Waals surface area contributed by atoms with Gasteiger partial charge in [-0.15, -0.1) is 0 Å². The molecule has 0 atom stereocenters. The average Bonchev–Trinajstić information content (AvgIpc) is 2.70. The Morgan fingerprint density at radius 1 is 1.31 bits per heavy atom. The van der Waals surface area contributed by atoms with Crippen LogP contribution in [0.4, 0.5) is 0 Å². The summed E-state index contributed by atoms with van der Waals surface area (Å²) in [7, 11) is -0.869. The van der Waals surface area contributed by atoms with E-state index < -0.39 is 7.12 Å². The Kier molecular flexibility index (Phi) is 1.33. The zero-order chi connectivity index (χ0) is 8.84. The minimum absolute atomic E-state index is 0.221. The van der Waals surface area contributed by atoms with E-state index in [0.717, 1.165) is 11.0 Å². The Morgan fingerprint density at radius 2 is 2.23 bits per heavy atom. The molecule has 1 aromatic rings. The van der Waals surface area contributed by atoms with Gasteiger partial charge in [0, 0.05) is 5.46 Å². The first-order chi connectivity index (χ1) is 6.36. The molecule has 0 fully saturated rings. The second-order valence-corrected chi connectivity index (χ2v) is 3.04. The molecule has 0 unspecified atom stereocenters. The summed E-state index contributed by atoms with van der Waals surface area (Å²) < 4.78 is 15.5. The molecule has 3 rings (SSSR count). The molecule has 5 heteroatoms. The molecule has 1 aromatic carbocycles. The Balaban J connectivity index is 2.23. The van der Waals surface area contributed by atoms with Crippen molar-refractivity contribution in [3.63, 3.8) is 0 Å². The van der Waals surface area contributed by atoms with Crippen LogP contribution < -0.4 is 14.9 Å². The molecule has 2 aliphatic rings. The predicted molar refractivity (Wildman–Crippen MR) is 45.0 cm³/mol. The molecule has 1 N–H and O–H groups in total. The van der Waals surface area contributed by atoms with Gasteiger partial charge in [0.15, 0.2) is 11.5 Å².